The summed E-state index contributed by atoms with van der Waals surface area (Å²) in [6.45, 7) is 5.12. The Morgan fingerprint density at radius 1 is 1.35 bits per heavy atom. The van der Waals surface area contributed by atoms with Crippen LogP contribution in [0.15, 0.2) is 29.7 Å². The van der Waals surface area contributed by atoms with Gasteiger partial charge in [-0.25, -0.2) is 0 Å². The molecule has 3 rings (SSSR count). The van der Waals surface area contributed by atoms with E-state index in [1.807, 2.05) is 21.6 Å². The molecule has 0 aromatic carbocycles. The molecule has 1 atom stereocenters. The van der Waals surface area contributed by atoms with Crippen LogP contribution in [-0.2, 0) is 16.1 Å². The fourth-order valence-corrected chi connectivity index (χ4v) is 3.99. The van der Waals surface area contributed by atoms with Crippen LogP contribution in [0, 0.1) is 5.92 Å². The molecule has 1 aliphatic heterocycles. The van der Waals surface area contributed by atoms with Crippen LogP contribution in [0.5, 0.6) is 0 Å². The third-order valence-electron chi connectivity index (χ3n) is 4.51. The number of methoxy groups -OCH3 is 1. The number of ether oxygens (including phenoxy) is 1. The molecule has 0 radical (unpaired) electrons. The topological polar surface area (TPSA) is 73.1 Å². The average molecular weight is 375 g/mol. The van der Waals surface area contributed by atoms with E-state index in [1.165, 1.54) is 18.2 Å². The van der Waals surface area contributed by atoms with Crippen molar-refractivity contribution in [3.63, 3.8) is 0 Å². The van der Waals surface area contributed by atoms with Crippen molar-refractivity contribution >= 4 is 17.7 Å². The molecule has 2 aromatic rings. The lowest BCUT2D eigenvalue weighted by Crippen LogP contribution is -2.40. The number of aromatic nitrogens is 4. The van der Waals surface area contributed by atoms with Crippen LogP contribution in [0.4, 0.5) is 0 Å². The Morgan fingerprint density at radius 3 is 2.88 bits per heavy atom. The molecule has 7 nitrogen and oxygen atoms in total. The molecule has 0 bridgehead atoms. The third kappa shape index (κ3) is 4.62. The summed E-state index contributed by atoms with van der Waals surface area (Å²) in [6.07, 6.45) is 5.77. The molecule has 26 heavy (non-hydrogen) atoms. The second-order valence-corrected chi connectivity index (χ2v) is 7.50. The molecule has 0 spiro atoms. The molecule has 0 saturated carbocycles. The van der Waals surface area contributed by atoms with Crippen molar-refractivity contribution in [1.82, 2.24) is 24.6 Å². The Bertz CT molecular complexity index is 722. The number of likely N-dealkylation sites (tertiary alicyclic amines) is 1. The van der Waals surface area contributed by atoms with E-state index >= 15 is 0 Å². The van der Waals surface area contributed by atoms with E-state index in [2.05, 4.69) is 22.1 Å². The maximum atomic E-state index is 12.5. The van der Waals surface area contributed by atoms with E-state index in [9.17, 15) is 4.79 Å². The van der Waals surface area contributed by atoms with Crippen LogP contribution < -0.4 is 0 Å². The fourth-order valence-electron chi connectivity index (χ4n) is 3.13. The normalized spacial score (nSPS) is 17.5. The molecule has 1 fully saturated rings. The Morgan fingerprint density at radius 2 is 2.15 bits per heavy atom. The van der Waals surface area contributed by atoms with Crippen molar-refractivity contribution < 1.29 is 9.53 Å². The summed E-state index contributed by atoms with van der Waals surface area (Å²) < 4.78 is 7.23. The number of pyridine rings is 1. The predicted molar refractivity (Wildman–Crippen MR) is 101 cm³/mol. The van der Waals surface area contributed by atoms with Gasteiger partial charge in [0.05, 0.1) is 18.9 Å². The monoisotopic (exact) mass is 375 g/mol. The van der Waals surface area contributed by atoms with Crippen molar-refractivity contribution in [2.75, 3.05) is 32.6 Å². The van der Waals surface area contributed by atoms with Gasteiger partial charge in [-0.1, -0.05) is 18.7 Å². The van der Waals surface area contributed by atoms with Gasteiger partial charge < -0.3 is 9.64 Å². The lowest BCUT2D eigenvalue weighted by molar-refractivity contribution is -0.130. The quantitative estimate of drug-likeness (QED) is 0.692. The number of piperidine rings is 1. The molecular weight excluding hydrogens is 350 g/mol. The SMILES string of the molecule is COCCn1c(SCC(=O)N2CCC[C@@H](C)C2)nnc1-c1ccncc1. The first kappa shape index (κ1) is 18.8. The minimum Gasteiger partial charge on any atom is -0.383 e. The van der Waals surface area contributed by atoms with Crippen LogP contribution in [0.2, 0.25) is 0 Å². The van der Waals surface area contributed by atoms with Crippen molar-refractivity contribution in [1.29, 1.82) is 0 Å². The number of amides is 1. The third-order valence-corrected chi connectivity index (χ3v) is 5.46. The summed E-state index contributed by atoms with van der Waals surface area (Å²) in [7, 11) is 1.67. The smallest absolute Gasteiger partial charge is 0.233 e. The second-order valence-electron chi connectivity index (χ2n) is 6.56. The second kappa shape index (κ2) is 9.14. The minimum atomic E-state index is 0.174. The van der Waals surface area contributed by atoms with Crippen LogP contribution in [0.25, 0.3) is 11.4 Å². The summed E-state index contributed by atoms with van der Waals surface area (Å²) in [5.74, 6) is 1.91. The van der Waals surface area contributed by atoms with Crippen LogP contribution in [0.1, 0.15) is 19.8 Å². The van der Waals surface area contributed by atoms with Crippen molar-refractivity contribution in [3.8, 4) is 11.4 Å². The van der Waals surface area contributed by atoms with Gasteiger partial charge in [0, 0.05) is 38.2 Å². The van der Waals surface area contributed by atoms with Gasteiger partial charge in [0.2, 0.25) is 5.91 Å². The van der Waals surface area contributed by atoms with E-state index in [4.69, 9.17) is 4.74 Å². The molecule has 8 heteroatoms. The van der Waals surface area contributed by atoms with Gasteiger partial charge >= 0.3 is 0 Å². The van der Waals surface area contributed by atoms with Gasteiger partial charge in [-0.2, -0.15) is 0 Å². The van der Waals surface area contributed by atoms with Crippen LogP contribution in [-0.4, -0.2) is 63.1 Å². The Kier molecular flexibility index (Phi) is 6.62. The number of carbonyl (C=O) groups is 1. The molecular formula is C18H25N5O2S. The molecule has 0 unspecified atom stereocenters. The molecule has 1 saturated heterocycles. The highest BCUT2D eigenvalue weighted by Gasteiger charge is 2.22. The van der Waals surface area contributed by atoms with Crippen LogP contribution in [0.3, 0.4) is 0 Å². The molecule has 1 amide bonds. The molecule has 3 heterocycles. The van der Waals surface area contributed by atoms with E-state index in [1.54, 1.807) is 19.5 Å². The summed E-state index contributed by atoms with van der Waals surface area (Å²) in [5, 5.41) is 9.38. The zero-order valence-electron chi connectivity index (χ0n) is 15.3. The number of nitrogens with zero attached hydrogens (tertiary/aromatic N) is 5. The standard InChI is InChI=1S/C18H25N5O2S/c1-14-4-3-9-22(12-14)16(24)13-26-18-21-20-17(23(18)10-11-25-2)15-5-7-19-8-6-15/h5-8,14H,3-4,9-13H2,1-2H3/t14-/m1/s1. The van der Waals surface area contributed by atoms with Crippen molar-refractivity contribution in [2.24, 2.45) is 5.92 Å². The van der Waals surface area contributed by atoms with E-state index in [-0.39, 0.29) is 5.91 Å². The fraction of sp³-hybridized carbons (Fsp3) is 0.556. The number of hydrogen-bond acceptors (Lipinski definition) is 6. The van der Waals surface area contributed by atoms with Gasteiger partial charge in [-0.3, -0.25) is 14.3 Å². The first-order chi connectivity index (χ1) is 12.7. The van der Waals surface area contributed by atoms with E-state index in [0.29, 0.717) is 24.8 Å². The predicted octanol–water partition coefficient (Wildman–Crippen LogP) is 2.34. The highest BCUT2D eigenvalue weighted by molar-refractivity contribution is 7.99. The number of hydrogen-bond donors (Lipinski definition) is 0. The zero-order valence-corrected chi connectivity index (χ0v) is 16.1. The Hall–Kier alpha value is -1.93. The lowest BCUT2D eigenvalue weighted by Gasteiger charge is -2.30. The van der Waals surface area contributed by atoms with Crippen LogP contribution >= 0.6 is 11.8 Å². The van der Waals surface area contributed by atoms with Gasteiger partial charge in [0.15, 0.2) is 11.0 Å². The maximum Gasteiger partial charge on any atom is 0.233 e. The number of carbonyl (C=O) groups excluding carboxylic acids is 1. The van der Waals surface area contributed by atoms with E-state index < -0.39 is 0 Å². The minimum absolute atomic E-state index is 0.174. The van der Waals surface area contributed by atoms with E-state index in [0.717, 1.165) is 36.1 Å². The Labute approximate surface area is 158 Å². The first-order valence-corrected chi connectivity index (χ1v) is 9.90. The van der Waals surface area contributed by atoms with Crippen molar-refractivity contribution in [2.45, 2.75) is 31.5 Å². The average Bonchev–Trinajstić information content (AvgIpc) is 3.07. The molecule has 140 valence electrons. The van der Waals surface area contributed by atoms with Gasteiger partial charge in [-0.05, 0) is 30.9 Å². The maximum absolute atomic E-state index is 12.5. The molecule has 0 aliphatic carbocycles. The summed E-state index contributed by atoms with van der Waals surface area (Å²) in [5.41, 5.74) is 0.951. The summed E-state index contributed by atoms with van der Waals surface area (Å²) in [4.78, 5) is 18.6. The largest absolute Gasteiger partial charge is 0.383 e. The Balaban J connectivity index is 1.70. The number of rotatable bonds is 7. The van der Waals surface area contributed by atoms with Gasteiger partial charge in [0.1, 0.15) is 0 Å². The zero-order chi connectivity index (χ0) is 18.4. The summed E-state index contributed by atoms with van der Waals surface area (Å²) >= 11 is 1.44. The van der Waals surface area contributed by atoms with Gasteiger partial charge in [-0.15, -0.1) is 10.2 Å². The molecule has 2 aromatic heterocycles. The number of thioether (sulfide) groups is 1. The van der Waals surface area contributed by atoms with Gasteiger partial charge in [0.25, 0.3) is 0 Å². The highest BCUT2D eigenvalue weighted by Crippen LogP contribution is 2.24. The molecule has 0 N–H and O–H groups in total. The lowest BCUT2D eigenvalue weighted by atomic mass is 10.0. The molecule has 1 aliphatic rings. The summed E-state index contributed by atoms with van der Waals surface area (Å²) in [6, 6.07) is 3.81. The first-order valence-electron chi connectivity index (χ1n) is 8.92. The highest BCUT2D eigenvalue weighted by atomic mass is 32.2. The van der Waals surface area contributed by atoms with Crippen molar-refractivity contribution in [3.05, 3.63) is 24.5 Å².